The summed E-state index contributed by atoms with van der Waals surface area (Å²) in [6, 6.07) is 25.8. The summed E-state index contributed by atoms with van der Waals surface area (Å²) in [5.74, 6) is -0.154. The van der Waals surface area contributed by atoms with Crippen molar-refractivity contribution >= 4 is 17.7 Å². The summed E-state index contributed by atoms with van der Waals surface area (Å²) < 4.78 is 0. The molecule has 0 bridgehead atoms. The Labute approximate surface area is 163 Å². The molecule has 0 saturated carbocycles. The van der Waals surface area contributed by atoms with Crippen LogP contribution in [0.15, 0.2) is 91.0 Å². The molecule has 0 aliphatic rings. The molecule has 3 rings (SSSR count). The van der Waals surface area contributed by atoms with Crippen LogP contribution in [0.5, 0.6) is 0 Å². The minimum atomic E-state index is -0.448. The van der Waals surface area contributed by atoms with Crippen molar-refractivity contribution in [1.82, 2.24) is 4.90 Å². The van der Waals surface area contributed by atoms with Gasteiger partial charge in [-0.1, -0.05) is 72.8 Å². The molecule has 0 radical (unpaired) electrons. The van der Waals surface area contributed by atoms with Crippen LogP contribution in [-0.4, -0.2) is 15.7 Å². The van der Waals surface area contributed by atoms with Gasteiger partial charge in [0, 0.05) is 31.3 Å². The first-order chi connectivity index (χ1) is 13.6. The fourth-order valence-corrected chi connectivity index (χ4v) is 2.83. The number of carbonyl (C=O) groups excluding carboxylic acids is 1. The Bertz CT molecular complexity index is 928. The number of non-ortho nitro benzene ring substituents is 1. The molecule has 0 atom stereocenters. The molecule has 0 fully saturated rings. The third-order valence-corrected chi connectivity index (χ3v) is 4.24. The molecule has 3 aromatic rings. The van der Waals surface area contributed by atoms with Crippen molar-refractivity contribution in [2.24, 2.45) is 0 Å². The second-order valence-electron chi connectivity index (χ2n) is 6.35. The predicted octanol–water partition coefficient (Wildman–Crippen LogP) is 4.84. The van der Waals surface area contributed by atoms with Gasteiger partial charge >= 0.3 is 0 Å². The maximum atomic E-state index is 12.8. The number of nitro benzene ring substituents is 1. The zero-order valence-corrected chi connectivity index (χ0v) is 15.3. The van der Waals surface area contributed by atoms with Gasteiger partial charge in [0.15, 0.2) is 0 Å². The van der Waals surface area contributed by atoms with Crippen LogP contribution in [0, 0.1) is 10.1 Å². The van der Waals surface area contributed by atoms with Crippen molar-refractivity contribution < 1.29 is 9.72 Å². The van der Waals surface area contributed by atoms with Gasteiger partial charge in [0.25, 0.3) is 5.69 Å². The monoisotopic (exact) mass is 372 g/mol. The maximum absolute atomic E-state index is 12.8. The molecule has 0 aliphatic heterocycles. The highest BCUT2D eigenvalue weighted by Gasteiger charge is 2.12. The quantitative estimate of drug-likeness (QED) is 0.339. The van der Waals surface area contributed by atoms with Crippen LogP contribution in [-0.2, 0) is 17.9 Å². The largest absolute Gasteiger partial charge is 0.331 e. The Hall–Kier alpha value is -3.73. The van der Waals surface area contributed by atoms with Gasteiger partial charge in [0.05, 0.1) is 4.92 Å². The summed E-state index contributed by atoms with van der Waals surface area (Å²) >= 11 is 0. The number of hydrogen-bond acceptors (Lipinski definition) is 3. The molecule has 0 spiro atoms. The standard InChI is InChI=1S/C23H20N2O3/c26-23(15-14-19-12-7-13-22(16-19)25(27)28)24(17-20-8-3-1-4-9-20)18-21-10-5-2-6-11-21/h1-16H,17-18H2/b15-14+. The van der Waals surface area contributed by atoms with Crippen molar-refractivity contribution in [2.75, 3.05) is 0 Å². The van der Waals surface area contributed by atoms with Crippen molar-refractivity contribution in [3.05, 3.63) is 118 Å². The number of nitrogens with zero attached hydrogens (tertiary/aromatic N) is 2. The Morgan fingerprint density at radius 2 is 1.43 bits per heavy atom. The number of amides is 1. The molecular formula is C23H20N2O3. The van der Waals surface area contributed by atoms with Crippen molar-refractivity contribution in [3.63, 3.8) is 0 Å². The van der Waals surface area contributed by atoms with E-state index in [-0.39, 0.29) is 11.6 Å². The topological polar surface area (TPSA) is 63.4 Å². The first-order valence-electron chi connectivity index (χ1n) is 8.91. The van der Waals surface area contributed by atoms with E-state index in [1.165, 1.54) is 18.2 Å². The maximum Gasteiger partial charge on any atom is 0.270 e. The summed E-state index contributed by atoms with van der Waals surface area (Å²) in [5, 5.41) is 10.9. The summed E-state index contributed by atoms with van der Waals surface area (Å²) in [4.78, 5) is 25.1. The molecule has 0 unspecified atom stereocenters. The first-order valence-corrected chi connectivity index (χ1v) is 8.91. The van der Waals surface area contributed by atoms with E-state index in [0.29, 0.717) is 18.7 Å². The van der Waals surface area contributed by atoms with Crippen molar-refractivity contribution in [2.45, 2.75) is 13.1 Å². The van der Waals surface area contributed by atoms with Gasteiger partial charge in [0.2, 0.25) is 5.91 Å². The predicted molar refractivity (Wildman–Crippen MR) is 109 cm³/mol. The van der Waals surface area contributed by atoms with Crippen LogP contribution in [0.2, 0.25) is 0 Å². The normalized spacial score (nSPS) is 10.7. The third-order valence-electron chi connectivity index (χ3n) is 4.24. The highest BCUT2D eigenvalue weighted by molar-refractivity contribution is 5.91. The molecule has 0 saturated heterocycles. The van der Waals surface area contributed by atoms with Gasteiger partial charge < -0.3 is 4.90 Å². The van der Waals surface area contributed by atoms with Crippen LogP contribution in [0.25, 0.3) is 6.08 Å². The lowest BCUT2D eigenvalue weighted by Crippen LogP contribution is -2.28. The fraction of sp³-hybridized carbons (Fsp3) is 0.0870. The van der Waals surface area contributed by atoms with E-state index in [1.54, 1.807) is 23.1 Å². The third kappa shape index (κ3) is 5.38. The lowest BCUT2D eigenvalue weighted by atomic mass is 10.1. The summed E-state index contributed by atoms with van der Waals surface area (Å²) in [7, 11) is 0. The highest BCUT2D eigenvalue weighted by atomic mass is 16.6. The minimum Gasteiger partial charge on any atom is -0.331 e. The van der Waals surface area contributed by atoms with Gasteiger partial charge in [-0.2, -0.15) is 0 Å². The smallest absolute Gasteiger partial charge is 0.270 e. The summed E-state index contributed by atoms with van der Waals surface area (Å²) in [6.45, 7) is 0.960. The lowest BCUT2D eigenvalue weighted by molar-refractivity contribution is -0.384. The number of carbonyl (C=O) groups is 1. The minimum absolute atomic E-state index is 0.0000243. The summed E-state index contributed by atoms with van der Waals surface area (Å²) in [5.41, 5.74) is 2.69. The Balaban J connectivity index is 1.79. The lowest BCUT2D eigenvalue weighted by Gasteiger charge is -2.21. The molecule has 5 nitrogen and oxygen atoms in total. The Morgan fingerprint density at radius 1 is 0.857 bits per heavy atom. The molecule has 0 heterocycles. The van der Waals surface area contributed by atoms with E-state index in [1.807, 2.05) is 60.7 Å². The Morgan fingerprint density at radius 3 is 1.96 bits per heavy atom. The van der Waals surface area contributed by atoms with Crippen LogP contribution in [0.4, 0.5) is 5.69 Å². The first kappa shape index (κ1) is 19.0. The average Bonchev–Trinajstić information content (AvgIpc) is 2.73. The van der Waals surface area contributed by atoms with Gasteiger partial charge in [-0.15, -0.1) is 0 Å². The molecule has 3 aromatic carbocycles. The number of hydrogen-bond donors (Lipinski definition) is 0. The SMILES string of the molecule is O=C(/C=C/c1cccc([N+](=O)[O-])c1)N(Cc1ccccc1)Cc1ccccc1. The van der Waals surface area contributed by atoms with E-state index in [0.717, 1.165) is 11.1 Å². The molecule has 140 valence electrons. The van der Waals surface area contributed by atoms with Crippen LogP contribution in [0.3, 0.4) is 0 Å². The van der Waals surface area contributed by atoms with Gasteiger partial charge in [-0.25, -0.2) is 0 Å². The molecular weight excluding hydrogens is 352 g/mol. The van der Waals surface area contributed by atoms with E-state index < -0.39 is 4.92 Å². The van der Waals surface area contributed by atoms with E-state index in [4.69, 9.17) is 0 Å². The van der Waals surface area contributed by atoms with E-state index in [9.17, 15) is 14.9 Å². The van der Waals surface area contributed by atoms with E-state index >= 15 is 0 Å². The molecule has 0 aromatic heterocycles. The molecule has 5 heteroatoms. The number of rotatable bonds is 7. The van der Waals surface area contributed by atoms with Crippen molar-refractivity contribution in [3.8, 4) is 0 Å². The van der Waals surface area contributed by atoms with Crippen LogP contribution >= 0.6 is 0 Å². The van der Waals surface area contributed by atoms with Gasteiger partial charge in [0.1, 0.15) is 0 Å². The van der Waals surface area contributed by atoms with Gasteiger partial charge in [-0.3, -0.25) is 14.9 Å². The van der Waals surface area contributed by atoms with E-state index in [2.05, 4.69) is 0 Å². The average molecular weight is 372 g/mol. The van der Waals surface area contributed by atoms with Gasteiger partial charge in [-0.05, 0) is 22.8 Å². The second-order valence-corrected chi connectivity index (χ2v) is 6.35. The molecule has 28 heavy (non-hydrogen) atoms. The zero-order valence-electron chi connectivity index (χ0n) is 15.3. The number of benzene rings is 3. The number of nitro groups is 1. The van der Waals surface area contributed by atoms with Crippen LogP contribution < -0.4 is 0 Å². The molecule has 0 N–H and O–H groups in total. The second kappa shape index (κ2) is 9.28. The summed E-state index contributed by atoms with van der Waals surface area (Å²) in [6.07, 6.45) is 3.07. The highest BCUT2D eigenvalue weighted by Crippen LogP contribution is 2.15. The van der Waals surface area contributed by atoms with Crippen molar-refractivity contribution in [1.29, 1.82) is 0 Å². The molecule has 0 aliphatic carbocycles. The fourth-order valence-electron chi connectivity index (χ4n) is 2.83. The van der Waals surface area contributed by atoms with Crippen LogP contribution in [0.1, 0.15) is 16.7 Å². The Kier molecular flexibility index (Phi) is 6.31. The zero-order chi connectivity index (χ0) is 19.8. The molecule has 1 amide bonds.